The third-order valence-electron chi connectivity index (χ3n) is 1.86. The van der Waals surface area contributed by atoms with Gasteiger partial charge in [-0.2, -0.15) is 0 Å². The topological polar surface area (TPSA) is 49.3 Å². The Morgan fingerprint density at radius 1 is 1.36 bits per heavy atom. The van der Waals surface area contributed by atoms with Gasteiger partial charge >= 0.3 is 6.09 Å². The van der Waals surface area contributed by atoms with E-state index in [1.54, 1.807) is 0 Å². The molecule has 0 saturated carbocycles. The van der Waals surface area contributed by atoms with Crippen LogP contribution in [0.5, 0.6) is 0 Å². The van der Waals surface area contributed by atoms with Gasteiger partial charge in [-0.3, -0.25) is 0 Å². The molecule has 0 aromatic heterocycles. The first-order chi connectivity index (χ1) is 5.29. The molecule has 62 valence electrons. The fourth-order valence-electron chi connectivity index (χ4n) is 1.29. The zero-order chi connectivity index (χ0) is 8.10. The molecule has 11 heavy (non-hydrogen) atoms. The molecule has 0 fully saturated rings. The van der Waals surface area contributed by atoms with Crippen LogP contribution in [0.25, 0.3) is 0 Å². The van der Waals surface area contributed by atoms with E-state index in [1.165, 1.54) is 0 Å². The molecule has 0 saturated heterocycles. The summed E-state index contributed by atoms with van der Waals surface area (Å²) in [5.41, 5.74) is 0. The quantitative estimate of drug-likeness (QED) is 0.567. The van der Waals surface area contributed by atoms with Gasteiger partial charge in [-0.25, -0.2) is 4.79 Å². The molecule has 1 amide bonds. The van der Waals surface area contributed by atoms with Crippen molar-refractivity contribution in [3.05, 3.63) is 12.2 Å². The van der Waals surface area contributed by atoms with Gasteiger partial charge in [-0.15, -0.1) is 0 Å². The third kappa shape index (κ3) is 3.07. The van der Waals surface area contributed by atoms with E-state index < -0.39 is 6.09 Å². The lowest BCUT2D eigenvalue weighted by atomic mass is 10.1. The molecular formula is C8H13NO2. The predicted octanol–water partition coefficient (Wildman–Crippen LogP) is 1.75. The summed E-state index contributed by atoms with van der Waals surface area (Å²) in [5.74, 6) is 0. The largest absolute Gasteiger partial charge is 0.465 e. The molecule has 1 aliphatic carbocycles. The van der Waals surface area contributed by atoms with Gasteiger partial charge in [-0.1, -0.05) is 12.2 Å². The Balaban J connectivity index is 2.29. The summed E-state index contributed by atoms with van der Waals surface area (Å²) >= 11 is 0. The minimum atomic E-state index is -0.906. The zero-order valence-electron chi connectivity index (χ0n) is 6.42. The third-order valence-corrected chi connectivity index (χ3v) is 1.86. The van der Waals surface area contributed by atoms with Gasteiger partial charge < -0.3 is 10.4 Å². The first-order valence-electron chi connectivity index (χ1n) is 3.93. The Morgan fingerprint density at radius 2 is 1.91 bits per heavy atom. The summed E-state index contributed by atoms with van der Waals surface area (Å²) in [6.45, 7) is 0. The summed E-state index contributed by atoms with van der Waals surface area (Å²) in [7, 11) is 0. The number of carboxylic acid groups (broad SMARTS) is 1. The molecule has 0 bridgehead atoms. The van der Waals surface area contributed by atoms with Crippen LogP contribution in [0, 0.1) is 0 Å². The second kappa shape index (κ2) is 4.01. The van der Waals surface area contributed by atoms with Crippen LogP contribution in [0.15, 0.2) is 12.2 Å². The van der Waals surface area contributed by atoms with Crippen LogP contribution in [-0.4, -0.2) is 17.2 Å². The molecule has 2 N–H and O–H groups in total. The van der Waals surface area contributed by atoms with Crippen molar-refractivity contribution in [3.63, 3.8) is 0 Å². The molecule has 0 aliphatic heterocycles. The highest BCUT2D eigenvalue weighted by Crippen LogP contribution is 2.10. The molecule has 3 heteroatoms. The van der Waals surface area contributed by atoms with Crippen LogP contribution in [0.2, 0.25) is 0 Å². The molecule has 0 atom stereocenters. The average molecular weight is 155 g/mol. The van der Waals surface area contributed by atoms with Crippen molar-refractivity contribution < 1.29 is 9.90 Å². The number of hydrogen-bond donors (Lipinski definition) is 2. The lowest BCUT2D eigenvalue weighted by Crippen LogP contribution is -2.32. The average Bonchev–Trinajstić information content (AvgIpc) is 2.14. The van der Waals surface area contributed by atoms with E-state index in [4.69, 9.17) is 5.11 Å². The van der Waals surface area contributed by atoms with Crippen molar-refractivity contribution in [3.8, 4) is 0 Å². The van der Waals surface area contributed by atoms with Crippen LogP contribution in [0.4, 0.5) is 4.79 Å². The number of amides is 1. The van der Waals surface area contributed by atoms with Gasteiger partial charge in [0.2, 0.25) is 0 Å². The van der Waals surface area contributed by atoms with Crippen LogP contribution in [0.3, 0.4) is 0 Å². The normalized spacial score (nSPS) is 19.3. The molecule has 0 unspecified atom stereocenters. The first-order valence-corrected chi connectivity index (χ1v) is 3.93. The van der Waals surface area contributed by atoms with Gasteiger partial charge in [0.15, 0.2) is 0 Å². The zero-order valence-corrected chi connectivity index (χ0v) is 6.42. The van der Waals surface area contributed by atoms with E-state index >= 15 is 0 Å². The van der Waals surface area contributed by atoms with E-state index in [0.29, 0.717) is 0 Å². The predicted molar refractivity (Wildman–Crippen MR) is 42.6 cm³/mol. The summed E-state index contributed by atoms with van der Waals surface area (Å²) in [6.07, 6.45) is 7.17. The summed E-state index contributed by atoms with van der Waals surface area (Å²) in [4.78, 5) is 10.2. The van der Waals surface area contributed by atoms with Gasteiger partial charge in [0.05, 0.1) is 0 Å². The minimum absolute atomic E-state index is 0.155. The van der Waals surface area contributed by atoms with Crippen LogP contribution < -0.4 is 5.32 Å². The number of hydrogen-bond acceptors (Lipinski definition) is 1. The SMILES string of the molecule is O=C(O)NC1CCC=CCC1. The van der Waals surface area contributed by atoms with Gasteiger partial charge in [-0.05, 0) is 25.7 Å². The van der Waals surface area contributed by atoms with Crippen molar-refractivity contribution >= 4 is 6.09 Å². The summed E-state index contributed by atoms with van der Waals surface area (Å²) in [6, 6.07) is 0.155. The van der Waals surface area contributed by atoms with Crippen molar-refractivity contribution in [1.29, 1.82) is 0 Å². The number of nitrogens with one attached hydrogen (secondary N) is 1. The Bertz CT molecular complexity index is 155. The highest BCUT2D eigenvalue weighted by atomic mass is 16.4. The van der Waals surface area contributed by atoms with E-state index in [0.717, 1.165) is 25.7 Å². The molecule has 1 rings (SSSR count). The van der Waals surface area contributed by atoms with Crippen molar-refractivity contribution in [2.75, 3.05) is 0 Å². The highest BCUT2D eigenvalue weighted by molar-refractivity contribution is 5.64. The Hall–Kier alpha value is -0.990. The molecule has 0 aromatic carbocycles. The van der Waals surface area contributed by atoms with Crippen molar-refractivity contribution in [2.45, 2.75) is 31.7 Å². The van der Waals surface area contributed by atoms with E-state index in [2.05, 4.69) is 17.5 Å². The Morgan fingerprint density at radius 3 is 2.36 bits per heavy atom. The number of allylic oxidation sites excluding steroid dienone is 2. The Kier molecular flexibility index (Phi) is 2.95. The number of carbonyl (C=O) groups is 1. The fraction of sp³-hybridized carbons (Fsp3) is 0.625. The lowest BCUT2D eigenvalue weighted by molar-refractivity contribution is 0.188. The summed E-state index contributed by atoms with van der Waals surface area (Å²) in [5, 5.41) is 10.9. The molecular weight excluding hydrogens is 142 g/mol. The second-order valence-corrected chi connectivity index (χ2v) is 2.77. The molecule has 0 heterocycles. The van der Waals surface area contributed by atoms with E-state index in [1.807, 2.05) is 0 Å². The van der Waals surface area contributed by atoms with Gasteiger partial charge in [0.1, 0.15) is 0 Å². The van der Waals surface area contributed by atoms with Gasteiger partial charge in [0, 0.05) is 6.04 Å². The maximum absolute atomic E-state index is 10.2. The molecule has 3 nitrogen and oxygen atoms in total. The van der Waals surface area contributed by atoms with E-state index in [9.17, 15) is 4.79 Å². The monoisotopic (exact) mass is 155 g/mol. The smallest absolute Gasteiger partial charge is 0.404 e. The minimum Gasteiger partial charge on any atom is -0.465 e. The fourth-order valence-corrected chi connectivity index (χ4v) is 1.29. The molecule has 0 aromatic rings. The highest BCUT2D eigenvalue weighted by Gasteiger charge is 2.10. The maximum atomic E-state index is 10.2. The molecule has 0 radical (unpaired) electrons. The van der Waals surface area contributed by atoms with Crippen molar-refractivity contribution in [1.82, 2.24) is 5.32 Å². The second-order valence-electron chi connectivity index (χ2n) is 2.77. The molecule has 0 spiro atoms. The summed E-state index contributed by atoms with van der Waals surface area (Å²) < 4.78 is 0. The molecule has 1 aliphatic rings. The van der Waals surface area contributed by atoms with Crippen molar-refractivity contribution in [2.24, 2.45) is 0 Å². The standard InChI is InChI=1S/C8H13NO2/c10-8(11)9-7-5-3-1-2-4-6-7/h1-2,7,9H,3-6H2,(H,10,11). The van der Waals surface area contributed by atoms with E-state index in [-0.39, 0.29) is 6.04 Å². The van der Waals surface area contributed by atoms with Crippen LogP contribution in [0.1, 0.15) is 25.7 Å². The van der Waals surface area contributed by atoms with Crippen LogP contribution in [-0.2, 0) is 0 Å². The Labute approximate surface area is 66.1 Å². The van der Waals surface area contributed by atoms with Gasteiger partial charge in [0.25, 0.3) is 0 Å². The van der Waals surface area contributed by atoms with Crippen LogP contribution >= 0.6 is 0 Å². The first kappa shape index (κ1) is 8.11. The maximum Gasteiger partial charge on any atom is 0.404 e. The lowest BCUT2D eigenvalue weighted by Gasteiger charge is -2.12. The number of rotatable bonds is 1.